The van der Waals surface area contributed by atoms with Gasteiger partial charge in [-0.3, -0.25) is 0 Å². The molecule has 0 spiro atoms. The molecule has 0 aliphatic rings. The molecule has 5 nitrogen and oxygen atoms in total. The second-order valence-corrected chi connectivity index (χ2v) is 13.6. The van der Waals surface area contributed by atoms with E-state index in [9.17, 15) is 15.5 Å². The monoisotopic (exact) mass is 475 g/mol. The molecule has 3 aromatic carbocycles. The summed E-state index contributed by atoms with van der Waals surface area (Å²) in [5.41, 5.74) is 0.963. The number of aliphatic hydroxyl groups is 2. The smallest absolute Gasteiger partial charge is 0.262 e. The van der Waals surface area contributed by atoms with E-state index < -0.39 is 26.6 Å². The summed E-state index contributed by atoms with van der Waals surface area (Å²) in [6.07, 6.45) is -3.93. The third kappa shape index (κ3) is 5.82. The zero-order chi connectivity index (χ0) is 24.6. The van der Waals surface area contributed by atoms with E-state index in [1.807, 2.05) is 91.0 Å². The van der Waals surface area contributed by atoms with Gasteiger partial charge in [0.1, 0.15) is 12.2 Å². The van der Waals surface area contributed by atoms with Crippen LogP contribution < -0.4 is 10.4 Å². The summed E-state index contributed by atoms with van der Waals surface area (Å²) < 4.78 is 12.3. The number of hydrogen-bond donors (Lipinski definition) is 2. The molecular formula is C28H33NO4Si. The average molecular weight is 476 g/mol. The van der Waals surface area contributed by atoms with Gasteiger partial charge in [-0.05, 0) is 21.0 Å². The minimum Gasteiger partial charge on any atom is -0.390 e. The topological polar surface area (TPSA) is 82.7 Å². The number of nitrogens with zero attached hydrogens (tertiary/aromatic N) is 1. The Bertz CT molecular complexity index is 1010. The van der Waals surface area contributed by atoms with Crippen LogP contribution in [0.15, 0.2) is 91.0 Å². The Labute approximate surface area is 203 Å². The molecule has 6 heteroatoms. The Morgan fingerprint density at radius 2 is 1.29 bits per heavy atom. The minimum absolute atomic E-state index is 0.113. The number of rotatable bonds is 10. The van der Waals surface area contributed by atoms with Gasteiger partial charge in [0, 0.05) is 0 Å². The van der Waals surface area contributed by atoms with Crippen LogP contribution in [-0.2, 0) is 15.8 Å². The van der Waals surface area contributed by atoms with Gasteiger partial charge in [-0.15, -0.1) is 0 Å². The third-order valence-corrected chi connectivity index (χ3v) is 11.0. The molecule has 3 atom stereocenters. The standard InChI is InChI=1S/C28H33NO4Si/c1-28(2,3)34(23-15-9-5-10-16-23,24-17-11-6-12-18-24)33-26(19-29)27(31)25(30)21-32-20-22-13-7-4-8-14-22/h4-18,25-27,30-31H,20-21H2,1-3H3/t25-,26+,27?/m0/s1. The van der Waals surface area contributed by atoms with E-state index in [1.54, 1.807) is 0 Å². The molecule has 3 rings (SSSR count). The quantitative estimate of drug-likeness (QED) is 0.439. The first-order valence-electron chi connectivity index (χ1n) is 11.5. The molecule has 1 unspecified atom stereocenters. The number of ether oxygens (including phenoxy) is 1. The van der Waals surface area contributed by atoms with Gasteiger partial charge in [-0.2, -0.15) is 5.26 Å². The first kappa shape index (κ1) is 25.8. The number of benzene rings is 3. The lowest BCUT2D eigenvalue weighted by molar-refractivity contribution is -0.0724. The van der Waals surface area contributed by atoms with E-state index in [4.69, 9.17) is 9.16 Å². The van der Waals surface area contributed by atoms with Crippen LogP contribution in [0, 0.1) is 11.3 Å². The van der Waals surface area contributed by atoms with Crippen molar-refractivity contribution in [1.82, 2.24) is 0 Å². The fraction of sp³-hybridized carbons (Fsp3) is 0.321. The molecule has 0 amide bonds. The van der Waals surface area contributed by atoms with Crippen LogP contribution in [-0.4, -0.2) is 43.4 Å². The lowest BCUT2D eigenvalue weighted by Gasteiger charge is -2.44. The Balaban J connectivity index is 1.87. The van der Waals surface area contributed by atoms with E-state index >= 15 is 0 Å². The summed E-state index contributed by atoms with van der Waals surface area (Å²) in [5, 5.41) is 33.2. The molecule has 0 saturated heterocycles. The molecule has 0 aromatic heterocycles. The summed E-state index contributed by atoms with van der Waals surface area (Å²) in [6, 6.07) is 31.5. The lowest BCUT2D eigenvalue weighted by Crippen LogP contribution is -2.68. The van der Waals surface area contributed by atoms with Crippen LogP contribution in [0.5, 0.6) is 0 Å². The Morgan fingerprint density at radius 1 is 0.824 bits per heavy atom. The molecule has 0 heterocycles. The summed E-state index contributed by atoms with van der Waals surface area (Å²) in [6.45, 7) is 6.48. The molecule has 0 aliphatic carbocycles. The largest absolute Gasteiger partial charge is 0.390 e. The molecule has 178 valence electrons. The molecule has 2 N–H and O–H groups in total. The molecule has 0 fully saturated rings. The van der Waals surface area contributed by atoms with Crippen LogP contribution in [0.25, 0.3) is 0 Å². The van der Waals surface area contributed by atoms with E-state index in [-0.39, 0.29) is 11.6 Å². The Kier molecular flexibility index (Phi) is 8.78. The van der Waals surface area contributed by atoms with Crippen molar-refractivity contribution in [2.24, 2.45) is 0 Å². The van der Waals surface area contributed by atoms with E-state index in [0.29, 0.717) is 6.61 Å². The van der Waals surface area contributed by atoms with E-state index in [2.05, 4.69) is 26.8 Å². The second kappa shape index (κ2) is 11.6. The van der Waals surface area contributed by atoms with Gasteiger partial charge in [-0.1, -0.05) is 112 Å². The van der Waals surface area contributed by atoms with Crippen molar-refractivity contribution in [3.8, 4) is 6.07 Å². The maximum atomic E-state index is 10.9. The predicted octanol–water partition coefficient (Wildman–Crippen LogP) is 3.39. The number of hydrogen-bond acceptors (Lipinski definition) is 5. The van der Waals surface area contributed by atoms with Gasteiger partial charge in [-0.25, -0.2) is 0 Å². The van der Waals surface area contributed by atoms with E-state index in [1.165, 1.54) is 0 Å². The van der Waals surface area contributed by atoms with Gasteiger partial charge < -0.3 is 19.4 Å². The van der Waals surface area contributed by atoms with Gasteiger partial charge >= 0.3 is 0 Å². The normalized spacial score (nSPS) is 14.7. The van der Waals surface area contributed by atoms with Gasteiger partial charge in [0.2, 0.25) is 0 Å². The molecule has 0 bridgehead atoms. The molecule has 0 aliphatic heterocycles. The zero-order valence-electron chi connectivity index (χ0n) is 20.0. The minimum atomic E-state index is -3.06. The maximum absolute atomic E-state index is 10.9. The van der Waals surface area contributed by atoms with Crippen molar-refractivity contribution in [2.45, 2.75) is 50.7 Å². The molecular weight excluding hydrogens is 442 g/mol. The lowest BCUT2D eigenvalue weighted by atomic mass is 10.1. The van der Waals surface area contributed by atoms with Crippen LogP contribution in [0.2, 0.25) is 5.04 Å². The fourth-order valence-corrected chi connectivity index (χ4v) is 8.81. The summed E-state index contributed by atoms with van der Waals surface area (Å²) in [5.74, 6) is 0. The first-order valence-corrected chi connectivity index (χ1v) is 13.4. The molecule has 34 heavy (non-hydrogen) atoms. The van der Waals surface area contributed by atoms with Crippen LogP contribution >= 0.6 is 0 Å². The SMILES string of the molecule is CC(C)(C)[Si](O[C@H](C#N)C(O)[C@@H](O)COCc1ccccc1)(c1ccccc1)c1ccccc1. The Morgan fingerprint density at radius 3 is 1.74 bits per heavy atom. The summed E-state index contributed by atoms with van der Waals surface area (Å²) in [4.78, 5) is 0. The summed E-state index contributed by atoms with van der Waals surface area (Å²) in [7, 11) is -3.06. The average Bonchev–Trinajstić information content (AvgIpc) is 2.85. The first-order chi connectivity index (χ1) is 16.3. The molecule has 0 saturated carbocycles. The van der Waals surface area contributed by atoms with Crippen molar-refractivity contribution < 1.29 is 19.4 Å². The highest BCUT2D eigenvalue weighted by Crippen LogP contribution is 2.38. The number of nitriles is 1. The highest BCUT2D eigenvalue weighted by molar-refractivity contribution is 6.99. The van der Waals surface area contributed by atoms with Crippen molar-refractivity contribution >= 4 is 18.7 Å². The second-order valence-electron chi connectivity index (χ2n) is 9.39. The van der Waals surface area contributed by atoms with Crippen LogP contribution in [0.1, 0.15) is 26.3 Å². The highest BCUT2D eigenvalue weighted by Gasteiger charge is 2.52. The maximum Gasteiger partial charge on any atom is 0.262 e. The van der Waals surface area contributed by atoms with Crippen LogP contribution in [0.3, 0.4) is 0 Å². The fourth-order valence-electron chi connectivity index (χ4n) is 4.23. The van der Waals surface area contributed by atoms with Gasteiger partial charge in [0.25, 0.3) is 8.32 Å². The van der Waals surface area contributed by atoms with Crippen molar-refractivity contribution in [3.63, 3.8) is 0 Å². The van der Waals surface area contributed by atoms with Gasteiger partial charge in [0.15, 0.2) is 6.10 Å². The third-order valence-electron chi connectivity index (χ3n) is 5.95. The van der Waals surface area contributed by atoms with E-state index in [0.717, 1.165) is 15.9 Å². The Hall–Kier alpha value is -2.79. The van der Waals surface area contributed by atoms with Crippen molar-refractivity contribution in [3.05, 3.63) is 96.6 Å². The van der Waals surface area contributed by atoms with Crippen molar-refractivity contribution in [1.29, 1.82) is 5.26 Å². The van der Waals surface area contributed by atoms with Crippen molar-refractivity contribution in [2.75, 3.05) is 6.61 Å². The predicted molar refractivity (Wildman–Crippen MR) is 136 cm³/mol. The summed E-state index contributed by atoms with van der Waals surface area (Å²) >= 11 is 0. The zero-order valence-corrected chi connectivity index (χ0v) is 21.0. The molecule has 3 aromatic rings. The highest BCUT2D eigenvalue weighted by atomic mass is 28.4. The molecule has 0 radical (unpaired) electrons. The number of aliphatic hydroxyl groups excluding tert-OH is 2. The van der Waals surface area contributed by atoms with Crippen LogP contribution in [0.4, 0.5) is 0 Å². The van der Waals surface area contributed by atoms with Gasteiger partial charge in [0.05, 0.1) is 19.3 Å².